The number of rotatable bonds is 10. The van der Waals surface area contributed by atoms with E-state index in [0.29, 0.717) is 19.8 Å². The summed E-state index contributed by atoms with van der Waals surface area (Å²) in [6.45, 7) is 3.03. The molecular weight excluding hydrogens is 300 g/mol. The molecule has 128 valence electrons. The van der Waals surface area contributed by atoms with Crippen molar-refractivity contribution in [2.75, 3.05) is 33.4 Å². The molecule has 0 saturated carbocycles. The van der Waals surface area contributed by atoms with Crippen molar-refractivity contribution in [1.29, 1.82) is 0 Å². The minimum Gasteiger partial charge on any atom is -0.465 e. The van der Waals surface area contributed by atoms with E-state index in [0.717, 1.165) is 5.56 Å². The number of methoxy groups -OCH3 is 1. The summed E-state index contributed by atoms with van der Waals surface area (Å²) in [5.41, 5.74) is 0.909. The molecule has 0 aliphatic heterocycles. The molecular formula is C16H24N2O5. The summed E-state index contributed by atoms with van der Waals surface area (Å²) in [5, 5.41) is 5.60. The van der Waals surface area contributed by atoms with Crippen LogP contribution < -0.4 is 10.6 Å². The maximum absolute atomic E-state index is 11.8. The van der Waals surface area contributed by atoms with Gasteiger partial charge in [0.25, 0.3) is 0 Å². The summed E-state index contributed by atoms with van der Waals surface area (Å²) in [5.74, 6) is -0.338. The average molecular weight is 324 g/mol. The molecule has 1 rings (SSSR count). The topological polar surface area (TPSA) is 85.9 Å². The molecule has 7 nitrogen and oxygen atoms in total. The number of carbonyl (C=O) groups is 2. The van der Waals surface area contributed by atoms with E-state index in [9.17, 15) is 9.59 Å². The highest BCUT2D eigenvalue weighted by molar-refractivity contribution is 5.71. The van der Waals surface area contributed by atoms with Crippen LogP contribution in [0.2, 0.25) is 0 Å². The van der Waals surface area contributed by atoms with Crippen molar-refractivity contribution in [1.82, 2.24) is 10.6 Å². The minimum atomic E-state index is -0.533. The second-order valence-electron chi connectivity index (χ2n) is 4.79. The summed E-state index contributed by atoms with van der Waals surface area (Å²) in [6.07, 6.45) is -0.533. The van der Waals surface area contributed by atoms with Crippen LogP contribution in [-0.2, 0) is 25.6 Å². The van der Waals surface area contributed by atoms with Crippen LogP contribution in [-0.4, -0.2) is 51.5 Å². The van der Waals surface area contributed by atoms with Crippen LogP contribution in [0.25, 0.3) is 0 Å². The quantitative estimate of drug-likeness (QED) is 0.627. The van der Waals surface area contributed by atoms with Crippen molar-refractivity contribution in [3.05, 3.63) is 35.9 Å². The smallest absolute Gasteiger partial charge is 0.407 e. The Hall–Kier alpha value is -2.12. The zero-order valence-corrected chi connectivity index (χ0v) is 13.5. The van der Waals surface area contributed by atoms with Crippen LogP contribution in [0.3, 0.4) is 0 Å². The molecule has 0 spiro atoms. The van der Waals surface area contributed by atoms with Gasteiger partial charge in [-0.05, 0) is 12.5 Å². The molecule has 0 aromatic heterocycles. The van der Waals surface area contributed by atoms with Gasteiger partial charge in [-0.25, -0.2) is 4.79 Å². The molecule has 7 heteroatoms. The first-order valence-corrected chi connectivity index (χ1v) is 7.48. The third kappa shape index (κ3) is 8.80. The highest BCUT2D eigenvalue weighted by Crippen LogP contribution is 2.00. The largest absolute Gasteiger partial charge is 0.465 e. The van der Waals surface area contributed by atoms with E-state index in [1.807, 2.05) is 30.3 Å². The Bertz CT molecular complexity index is 467. The molecule has 0 fully saturated rings. The fraction of sp³-hybridized carbons (Fsp3) is 0.500. The Morgan fingerprint density at radius 3 is 2.57 bits per heavy atom. The predicted octanol–water partition coefficient (Wildman–Crippen LogP) is 1.08. The molecule has 1 atom stereocenters. The monoisotopic (exact) mass is 324 g/mol. The van der Waals surface area contributed by atoms with Gasteiger partial charge in [-0.3, -0.25) is 4.79 Å². The van der Waals surface area contributed by atoms with Gasteiger partial charge in [0.1, 0.15) is 6.61 Å². The van der Waals surface area contributed by atoms with Gasteiger partial charge >= 0.3 is 12.1 Å². The number of nitrogens with one attached hydrogen (secondary N) is 2. The molecule has 0 bridgehead atoms. The Kier molecular flexibility index (Phi) is 9.42. The Morgan fingerprint density at radius 1 is 1.17 bits per heavy atom. The maximum atomic E-state index is 11.8. The molecule has 0 radical (unpaired) electrons. The lowest BCUT2D eigenvalue weighted by Gasteiger charge is -2.18. The van der Waals surface area contributed by atoms with E-state index < -0.39 is 6.09 Å². The standard InChI is InChI=1S/C16H24N2O5/c1-3-22-15(19)10-17-9-14(12-21-2)18-16(20)23-11-13-7-5-4-6-8-13/h4-8,14,17H,3,9-12H2,1-2H3,(H,18,20)/t14-/m0/s1. The highest BCUT2D eigenvalue weighted by atomic mass is 16.5. The van der Waals surface area contributed by atoms with Crippen molar-refractivity contribution in [2.24, 2.45) is 0 Å². The van der Waals surface area contributed by atoms with E-state index in [-0.39, 0.29) is 25.2 Å². The third-order valence-electron chi connectivity index (χ3n) is 2.87. The van der Waals surface area contributed by atoms with E-state index in [2.05, 4.69) is 10.6 Å². The van der Waals surface area contributed by atoms with Crippen molar-refractivity contribution in [3.63, 3.8) is 0 Å². The molecule has 2 N–H and O–H groups in total. The normalized spacial score (nSPS) is 11.6. The highest BCUT2D eigenvalue weighted by Gasteiger charge is 2.13. The van der Waals surface area contributed by atoms with Crippen LogP contribution in [0.1, 0.15) is 12.5 Å². The van der Waals surface area contributed by atoms with Gasteiger partial charge in [-0.1, -0.05) is 30.3 Å². The zero-order chi connectivity index (χ0) is 16.9. The van der Waals surface area contributed by atoms with Crippen LogP contribution >= 0.6 is 0 Å². The van der Waals surface area contributed by atoms with E-state index in [1.54, 1.807) is 6.92 Å². The van der Waals surface area contributed by atoms with Crippen LogP contribution in [0.4, 0.5) is 4.79 Å². The van der Waals surface area contributed by atoms with Crippen LogP contribution in [0.5, 0.6) is 0 Å². The minimum absolute atomic E-state index is 0.0782. The van der Waals surface area contributed by atoms with Gasteiger partial charge in [0.15, 0.2) is 0 Å². The van der Waals surface area contributed by atoms with Crippen molar-refractivity contribution >= 4 is 12.1 Å². The van der Waals surface area contributed by atoms with Crippen LogP contribution in [0.15, 0.2) is 30.3 Å². The molecule has 1 aromatic carbocycles. The number of hydrogen-bond donors (Lipinski definition) is 2. The lowest BCUT2D eigenvalue weighted by Crippen LogP contribution is -2.46. The number of carbonyl (C=O) groups excluding carboxylic acids is 2. The molecule has 0 unspecified atom stereocenters. The second-order valence-corrected chi connectivity index (χ2v) is 4.79. The number of amides is 1. The van der Waals surface area contributed by atoms with Crippen molar-refractivity contribution in [2.45, 2.75) is 19.6 Å². The van der Waals surface area contributed by atoms with Gasteiger partial charge in [0.2, 0.25) is 0 Å². The molecule has 1 aromatic rings. The number of ether oxygens (including phenoxy) is 3. The summed E-state index contributed by atoms with van der Waals surface area (Å²) < 4.78 is 15.0. The van der Waals surface area contributed by atoms with Gasteiger partial charge in [0, 0.05) is 13.7 Å². The number of esters is 1. The third-order valence-corrected chi connectivity index (χ3v) is 2.87. The summed E-state index contributed by atoms with van der Waals surface area (Å²) in [4.78, 5) is 23.0. The summed E-state index contributed by atoms with van der Waals surface area (Å²) in [7, 11) is 1.54. The van der Waals surface area contributed by atoms with Gasteiger partial charge in [-0.2, -0.15) is 0 Å². The van der Waals surface area contributed by atoms with E-state index in [4.69, 9.17) is 14.2 Å². The molecule has 23 heavy (non-hydrogen) atoms. The second kappa shape index (κ2) is 11.4. The SMILES string of the molecule is CCOC(=O)CNC[C@@H](COC)NC(=O)OCc1ccccc1. The van der Waals surface area contributed by atoms with Gasteiger partial charge in [0.05, 0.1) is 25.8 Å². The maximum Gasteiger partial charge on any atom is 0.407 e. The fourth-order valence-electron chi connectivity index (χ4n) is 1.84. The lowest BCUT2D eigenvalue weighted by atomic mass is 10.2. The Morgan fingerprint density at radius 2 is 1.91 bits per heavy atom. The van der Waals surface area contributed by atoms with E-state index in [1.165, 1.54) is 7.11 Å². The number of benzene rings is 1. The molecule has 0 aliphatic rings. The van der Waals surface area contributed by atoms with Crippen molar-refractivity contribution in [3.8, 4) is 0 Å². The molecule has 0 aliphatic carbocycles. The van der Waals surface area contributed by atoms with Gasteiger partial charge < -0.3 is 24.8 Å². The van der Waals surface area contributed by atoms with Crippen molar-refractivity contribution < 1.29 is 23.8 Å². The fourth-order valence-corrected chi connectivity index (χ4v) is 1.84. The lowest BCUT2D eigenvalue weighted by molar-refractivity contribution is -0.142. The Balaban J connectivity index is 2.30. The molecule has 1 amide bonds. The number of alkyl carbamates (subject to hydrolysis) is 1. The van der Waals surface area contributed by atoms with Crippen LogP contribution in [0, 0.1) is 0 Å². The first-order valence-electron chi connectivity index (χ1n) is 7.48. The first-order chi connectivity index (χ1) is 11.2. The zero-order valence-electron chi connectivity index (χ0n) is 13.5. The predicted molar refractivity (Wildman–Crippen MR) is 84.9 cm³/mol. The summed E-state index contributed by atoms with van der Waals surface area (Å²) >= 11 is 0. The molecule has 0 saturated heterocycles. The first kappa shape index (κ1) is 18.9. The van der Waals surface area contributed by atoms with E-state index >= 15 is 0 Å². The number of hydrogen-bond acceptors (Lipinski definition) is 6. The van der Waals surface area contributed by atoms with Gasteiger partial charge in [-0.15, -0.1) is 0 Å². The average Bonchev–Trinajstić information content (AvgIpc) is 2.54. The Labute approximate surface area is 136 Å². The molecule has 0 heterocycles. The summed E-state index contributed by atoms with van der Waals surface area (Å²) in [6, 6.07) is 9.10.